The fourth-order valence-corrected chi connectivity index (χ4v) is 7.90. The van der Waals surface area contributed by atoms with Crippen molar-refractivity contribution in [2.75, 3.05) is 13.1 Å². The molecule has 0 spiro atoms. The van der Waals surface area contributed by atoms with Gasteiger partial charge in [-0.15, -0.1) is 0 Å². The van der Waals surface area contributed by atoms with E-state index >= 15 is 0 Å². The van der Waals surface area contributed by atoms with Crippen LogP contribution >= 0.6 is 15.9 Å². The number of rotatable bonds is 5. The number of amides is 3. The van der Waals surface area contributed by atoms with Crippen LogP contribution in [0.4, 0.5) is 4.79 Å². The maximum atomic E-state index is 14.4. The number of allylic oxidation sites excluding steroid dienone is 2. The first-order valence-corrected chi connectivity index (χ1v) is 13.5. The van der Waals surface area contributed by atoms with E-state index in [9.17, 15) is 19.2 Å². The van der Waals surface area contributed by atoms with Gasteiger partial charge in [-0.25, -0.2) is 4.79 Å². The van der Waals surface area contributed by atoms with E-state index in [-0.39, 0.29) is 18.9 Å². The third kappa shape index (κ3) is 3.38. The zero-order valence-corrected chi connectivity index (χ0v) is 23.7. The first kappa shape index (κ1) is 26.4. The summed E-state index contributed by atoms with van der Waals surface area (Å²) in [5, 5.41) is 2.62. The number of nitrogens with zero attached hydrogens (tertiary/aromatic N) is 1. The molecule has 1 saturated carbocycles. The van der Waals surface area contributed by atoms with Gasteiger partial charge < -0.3 is 10.1 Å². The number of fused-ring (bicyclic) bond motifs is 5. The highest BCUT2D eigenvalue weighted by Gasteiger charge is 2.85. The van der Waals surface area contributed by atoms with Gasteiger partial charge in [0.1, 0.15) is 9.93 Å². The number of halogens is 1. The molecule has 4 unspecified atom stereocenters. The number of alkyl halides is 1. The third-order valence-corrected chi connectivity index (χ3v) is 9.69. The van der Waals surface area contributed by atoms with Gasteiger partial charge in [0.2, 0.25) is 11.8 Å². The Balaban J connectivity index is 1.58. The van der Waals surface area contributed by atoms with E-state index in [2.05, 4.69) is 21.2 Å². The fraction of sp³-hybridized carbons (Fsp3) is 0.400. The second kappa shape index (κ2) is 8.63. The number of imide groups is 1. The number of ketones is 1. The highest BCUT2D eigenvalue weighted by molar-refractivity contribution is 9.10. The Hall–Kier alpha value is -3.26. The molecule has 3 amide bonds. The Morgan fingerprint density at radius 2 is 1.47 bits per heavy atom. The molecular weight excluding hydrogens is 548 g/mol. The summed E-state index contributed by atoms with van der Waals surface area (Å²) in [7, 11) is 0. The molecule has 38 heavy (non-hydrogen) atoms. The van der Waals surface area contributed by atoms with Gasteiger partial charge in [-0.3, -0.25) is 19.3 Å². The molecule has 198 valence electrons. The van der Waals surface area contributed by atoms with E-state index in [1.165, 1.54) is 4.90 Å². The first-order chi connectivity index (χ1) is 17.8. The van der Waals surface area contributed by atoms with Crippen molar-refractivity contribution in [3.8, 4) is 0 Å². The average molecular weight is 579 g/mol. The van der Waals surface area contributed by atoms with Gasteiger partial charge in [0.25, 0.3) is 0 Å². The van der Waals surface area contributed by atoms with Crippen LogP contribution in [0.5, 0.6) is 0 Å². The highest BCUT2D eigenvalue weighted by Crippen LogP contribution is 2.77. The second-order valence-corrected chi connectivity index (χ2v) is 12.8. The van der Waals surface area contributed by atoms with Crippen molar-refractivity contribution in [3.05, 3.63) is 71.8 Å². The maximum Gasteiger partial charge on any atom is 0.407 e. The Morgan fingerprint density at radius 3 is 2.00 bits per heavy atom. The molecule has 5 rings (SSSR count). The summed E-state index contributed by atoms with van der Waals surface area (Å²) in [6.07, 6.45) is -0.626. The molecule has 4 atom stereocenters. The number of carbonyl (C=O) groups excluding carboxylic acids is 4. The van der Waals surface area contributed by atoms with Gasteiger partial charge in [-0.05, 0) is 56.9 Å². The molecular formula is C30H31BrN2O5. The third-order valence-electron chi connectivity index (χ3n) is 8.10. The minimum Gasteiger partial charge on any atom is -0.444 e. The molecule has 2 bridgehead atoms. The number of alkyl carbamates (subject to hydrolysis) is 1. The second-order valence-electron chi connectivity index (χ2n) is 11.5. The number of nitrogens with one attached hydrogen (secondary N) is 1. The van der Waals surface area contributed by atoms with Crippen LogP contribution in [0.2, 0.25) is 0 Å². The van der Waals surface area contributed by atoms with Crippen LogP contribution in [0.3, 0.4) is 0 Å². The molecule has 3 aliphatic rings. The van der Waals surface area contributed by atoms with E-state index < -0.39 is 44.6 Å². The van der Waals surface area contributed by atoms with Crippen LogP contribution in [-0.4, -0.2) is 51.6 Å². The molecule has 0 aromatic heterocycles. The molecule has 2 aromatic rings. The maximum absolute atomic E-state index is 14.4. The smallest absolute Gasteiger partial charge is 0.407 e. The predicted octanol–water partition coefficient (Wildman–Crippen LogP) is 4.85. The number of carbonyl (C=O) groups is 4. The van der Waals surface area contributed by atoms with Crippen molar-refractivity contribution < 1.29 is 23.9 Å². The highest BCUT2D eigenvalue weighted by atomic mass is 79.9. The molecule has 0 radical (unpaired) electrons. The standard InChI is InChI=1S/C30H31BrN2O5/c1-27(2,3)38-26(37)32-16-17-33-23(34)22-28(4)20(18-12-8-6-9-13-18)21(19-14-10-7-11-15-19)29(5,24(28)35)30(22,31)25(33)36/h6-15,22H,16-17H2,1-5H3,(H,32,37). The van der Waals surface area contributed by atoms with Crippen molar-refractivity contribution >= 4 is 50.8 Å². The number of ether oxygens (including phenoxy) is 1. The summed E-state index contributed by atoms with van der Waals surface area (Å²) in [5.41, 5.74) is 0.0474. The molecule has 2 fully saturated rings. The summed E-state index contributed by atoms with van der Waals surface area (Å²) in [5.74, 6) is -1.95. The lowest BCUT2D eigenvalue weighted by atomic mass is 9.63. The van der Waals surface area contributed by atoms with Crippen molar-refractivity contribution in [1.82, 2.24) is 10.2 Å². The Labute approximate surface area is 230 Å². The lowest BCUT2D eigenvalue weighted by Gasteiger charge is -2.41. The molecule has 1 N–H and O–H groups in total. The van der Waals surface area contributed by atoms with E-state index in [0.29, 0.717) is 0 Å². The quantitative estimate of drug-likeness (QED) is 0.404. The van der Waals surface area contributed by atoms with Crippen molar-refractivity contribution in [1.29, 1.82) is 0 Å². The van der Waals surface area contributed by atoms with E-state index in [1.807, 2.05) is 60.7 Å². The van der Waals surface area contributed by atoms with Gasteiger partial charge in [0, 0.05) is 13.1 Å². The molecule has 2 aromatic carbocycles. The van der Waals surface area contributed by atoms with Crippen molar-refractivity contribution in [2.45, 2.75) is 44.5 Å². The predicted molar refractivity (Wildman–Crippen MR) is 147 cm³/mol. The number of Topliss-reactive ketones (excluding diaryl/α,β-unsaturated/α-hetero) is 1. The minimum atomic E-state index is -1.45. The number of benzene rings is 2. The summed E-state index contributed by atoms with van der Waals surface area (Å²) in [4.78, 5) is 55.7. The molecule has 2 aliphatic carbocycles. The summed E-state index contributed by atoms with van der Waals surface area (Å²) < 4.78 is 3.82. The lowest BCUT2D eigenvalue weighted by molar-refractivity contribution is -0.144. The Kier molecular flexibility index (Phi) is 5.98. The zero-order chi connectivity index (χ0) is 27.7. The lowest BCUT2D eigenvalue weighted by Crippen LogP contribution is -2.51. The van der Waals surface area contributed by atoms with Crippen LogP contribution < -0.4 is 5.32 Å². The summed E-state index contributed by atoms with van der Waals surface area (Å²) in [6, 6.07) is 19.2. The van der Waals surface area contributed by atoms with E-state index in [4.69, 9.17) is 4.74 Å². The van der Waals surface area contributed by atoms with Gasteiger partial charge in [0.15, 0.2) is 5.78 Å². The van der Waals surface area contributed by atoms with Gasteiger partial charge >= 0.3 is 6.09 Å². The minimum absolute atomic E-state index is 0.0253. The molecule has 8 heteroatoms. The zero-order valence-electron chi connectivity index (χ0n) is 22.1. The monoisotopic (exact) mass is 578 g/mol. The normalized spacial score (nSPS) is 30.2. The Morgan fingerprint density at radius 1 is 0.947 bits per heavy atom. The molecule has 1 aliphatic heterocycles. The fourth-order valence-electron chi connectivity index (χ4n) is 6.65. The van der Waals surface area contributed by atoms with Crippen LogP contribution in [0.25, 0.3) is 11.1 Å². The molecule has 1 saturated heterocycles. The number of likely N-dealkylation sites (tertiary alicyclic amines) is 1. The van der Waals surface area contributed by atoms with Crippen molar-refractivity contribution in [2.24, 2.45) is 16.7 Å². The number of hydrogen-bond donors (Lipinski definition) is 1. The van der Waals surface area contributed by atoms with Crippen LogP contribution in [0.1, 0.15) is 45.7 Å². The average Bonchev–Trinajstić information content (AvgIpc) is 3.24. The molecule has 1 heterocycles. The van der Waals surface area contributed by atoms with E-state index in [0.717, 1.165) is 22.3 Å². The van der Waals surface area contributed by atoms with Crippen LogP contribution in [0.15, 0.2) is 60.7 Å². The van der Waals surface area contributed by atoms with Crippen LogP contribution in [0, 0.1) is 16.7 Å². The van der Waals surface area contributed by atoms with Gasteiger partial charge in [-0.1, -0.05) is 76.6 Å². The van der Waals surface area contributed by atoms with Crippen molar-refractivity contribution in [3.63, 3.8) is 0 Å². The van der Waals surface area contributed by atoms with Gasteiger partial charge in [0.05, 0.1) is 16.7 Å². The van der Waals surface area contributed by atoms with Crippen LogP contribution in [-0.2, 0) is 19.1 Å². The SMILES string of the molecule is CC(C)(C)OC(=O)NCCN1C(=O)C2C3(C)C(=O)C(C)(C(c4ccccc4)=C3c3ccccc3)C2(Br)C1=O. The Bertz CT molecular complexity index is 1380. The topological polar surface area (TPSA) is 92.8 Å². The summed E-state index contributed by atoms with van der Waals surface area (Å²) in [6.45, 7) is 8.86. The van der Waals surface area contributed by atoms with E-state index in [1.54, 1.807) is 34.6 Å². The van der Waals surface area contributed by atoms with Gasteiger partial charge in [-0.2, -0.15) is 0 Å². The molecule has 7 nitrogen and oxygen atoms in total. The number of hydrogen-bond acceptors (Lipinski definition) is 5. The summed E-state index contributed by atoms with van der Waals surface area (Å²) >= 11 is 3.73. The largest absolute Gasteiger partial charge is 0.444 e. The first-order valence-electron chi connectivity index (χ1n) is 12.7.